The lowest BCUT2D eigenvalue weighted by atomic mass is 9.86. The van der Waals surface area contributed by atoms with E-state index in [4.69, 9.17) is 0 Å². The molecule has 2 saturated carbocycles. The van der Waals surface area contributed by atoms with E-state index in [0.717, 1.165) is 44.9 Å². The zero-order chi connectivity index (χ0) is 27.8. The fraction of sp³-hybridized carbons (Fsp3) is 0.871. The molecule has 8 nitrogen and oxygen atoms in total. The second kappa shape index (κ2) is 14.5. The quantitative estimate of drug-likeness (QED) is 0.296. The molecule has 220 valence electrons. The first-order valence-electron chi connectivity index (χ1n) is 16.0. The van der Waals surface area contributed by atoms with Crippen LogP contribution in [0.2, 0.25) is 0 Å². The number of nitrogens with one attached hydrogen (secondary N) is 1. The van der Waals surface area contributed by atoms with Gasteiger partial charge >= 0.3 is 23.6 Å². The van der Waals surface area contributed by atoms with Gasteiger partial charge in [-0.2, -0.15) is 0 Å². The van der Waals surface area contributed by atoms with E-state index in [1.165, 1.54) is 51.4 Å². The van der Waals surface area contributed by atoms with Gasteiger partial charge in [0.2, 0.25) is 0 Å². The van der Waals surface area contributed by atoms with Crippen LogP contribution in [0.3, 0.4) is 0 Å². The first-order chi connectivity index (χ1) is 18.8. The van der Waals surface area contributed by atoms with Crippen LogP contribution < -0.4 is 5.32 Å². The number of nitrogens with zero attached hydrogens (tertiary/aromatic N) is 3. The van der Waals surface area contributed by atoms with Crippen molar-refractivity contribution in [2.45, 2.75) is 122 Å². The first-order valence-corrected chi connectivity index (χ1v) is 16.0. The average molecular weight is 545 g/mol. The first kappa shape index (κ1) is 29.9. The van der Waals surface area contributed by atoms with E-state index in [1.54, 1.807) is 4.90 Å². The number of amides is 4. The maximum absolute atomic E-state index is 13.2. The Morgan fingerprint density at radius 2 is 1.38 bits per heavy atom. The molecule has 2 atom stereocenters. The summed E-state index contributed by atoms with van der Waals surface area (Å²) >= 11 is 0. The Balaban J connectivity index is 1.27. The van der Waals surface area contributed by atoms with Crippen LogP contribution >= 0.6 is 0 Å². The molecule has 0 aromatic carbocycles. The van der Waals surface area contributed by atoms with Crippen LogP contribution in [0.15, 0.2) is 0 Å². The van der Waals surface area contributed by atoms with E-state index in [2.05, 4.69) is 19.2 Å². The molecule has 4 fully saturated rings. The van der Waals surface area contributed by atoms with Gasteiger partial charge in [0, 0.05) is 38.8 Å². The minimum absolute atomic E-state index is 0.0137. The number of hydrogen-bond acceptors (Lipinski definition) is 4. The van der Waals surface area contributed by atoms with Gasteiger partial charge in [-0.1, -0.05) is 65.2 Å². The fourth-order valence-electron chi connectivity index (χ4n) is 7.39. The van der Waals surface area contributed by atoms with Crippen molar-refractivity contribution in [1.82, 2.24) is 20.0 Å². The molecular weight excluding hydrogens is 492 g/mol. The van der Waals surface area contributed by atoms with E-state index >= 15 is 0 Å². The monoisotopic (exact) mass is 544 g/mol. The van der Waals surface area contributed by atoms with Crippen molar-refractivity contribution in [2.75, 3.05) is 32.7 Å². The van der Waals surface area contributed by atoms with Crippen molar-refractivity contribution in [2.24, 2.45) is 17.8 Å². The van der Waals surface area contributed by atoms with E-state index in [1.807, 2.05) is 9.80 Å². The van der Waals surface area contributed by atoms with Gasteiger partial charge in [-0.05, 0) is 62.7 Å². The molecule has 0 radical (unpaired) electrons. The lowest BCUT2D eigenvalue weighted by Gasteiger charge is -2.42. The summed E-state index contributed by atoms with van der Waals surface area (Å²) in [5.41, 5.74) is 0. The van der Waals surface area contributed by atoms with Gasteiger partial charge in [0.05, 0.1) is 6.04 Å². The second-order valence-electron chi connectivity index (χ2n) is 13.1. The van der Waals surface area contributed by atoms with Crippen molar-refractivity contribution in [3.05, 3.63) is 0 Å². The lowest BCUT2D eigenvalue weighted by molar-refractivity contribution is -0.159. The molecule has 4 amide bonds. The number of rotatable bonds is 12. The van der Waals surface area contributed by atoms with Crippen LogP contribution in [0.1, 0.15) is 110 Å². The summed E-state index contributed by atoms with van der Waals surface area (Å²) in [5.74, 6) is 0.103. The zero-order valence-corrected chi connectivity index (χ0v) is 24.5. The fourth-order valence-corrected chi connectivity index (χ4v) is 7.39. The van der Waals surface area contributed by atoms with E-state index in [0.29, 0.717) is 50.5 Å². The predicted molar refractivity (Wildman–Crippen MR) is 152 cm³/mol. The molecule has 0 unspecified atom stereocenters. The van der Waals surface area contributed by atoms with Crippen molar-refractivity contribution in [1.29, 1.82) is 0 Å². The minimum Gasteiger partial charge on any atom is -0.346 e. The van der Waals surface area contributed by atoms with Crippen molar-refractivity contribution in [3.8, 4) is 0 Å². The highest BCUT2D eigenvalue weighted by atomic mass is 16.2. The summed E-state index contributed by atoms with van der Waals surface area (Å²) in [7, 11) is 0. The summed E-state index contributed by atoms with van der Waals surface area (Å²) in [6, 6.07) is 0.107. The lowest BCUT2D eigenvalue weighted by Crippen LogP contribution is -2.60. The van der Waals surface area contributed by atoms with Crippen LogP contribution in [-0.2, 0) is 19.2 Å². The number of carbonyl (C=O) groups is 4. The van der Waals surface area contributed by atoms with Crippen molar-refractivity contribution in [3.63, 3.8) is 0 Å². The summed E-state index contributed by atoms with van der Waals surface area (Å²) in [5, 5.41) is 2.77. The Morgan fingerprint density at radius 3 is 2.05 bits per heavy atom. The molecule has 2 aliphatic heterocycles. The highest BCUT2D eigenvalue weighted by molar-refractivity contribution is 6.36. The summed E-state index contributed by atoms with van der Waals surface area (Å²) in [6.07, 6.45) is 16.8. The van der Waals surface area contributed by atoms with Gasteiger partial charge in [-0.15, -0.1) is 0 Å². The molecule has 1 N–H and O–H groups in total. The molecule has 0 bridgehead atoms. The van der Waals surface area contributed by atoms with Crippen LogP contribution in [0.4, 0.5) is 0 Å². The maximum atomic E-state index is 13.2. The third kappa shape index (κ3) is 8.20. The molecule has 4 aliphatic rings. The molecule has 8 heteroatoms. The number of unbranched alkanes of at least 4 members (excludes halogenated alkanes) is 1. The Labute approximate surface area is 235 Å². The smallest absolute Gasteiger partial charge is 0.312 e. The molecule has 4 rings (SSSR count). The minimum atomic E-state index is -0.483. The van der Waals surface area contributed by atoms with Gasteiger partial charge in [-0.3, -0.25) is 19.2 Å². The summed E-state index contributed by atoms with van der Waals surface area (Å²) in [6.45, 7) is 7.47. The van der Waals surface area contributed by atoms with Gasteiger partial charge in [0.15, 0.2) is 0 Å². The van der Waals surface area contributed by atoms with Gasteiger partial charge < -0.3 is 20.0 Å². The van der Waals surface area contributed by atoms with E-state index in [9.17, 15) is 19.2 Å². The summed E-state index contributed by atoms with van der Waals surface area (Å²) < 4.78 is 0. The zero-order valence-electron chi connectivity index (χ0n) is 24.5. The molecular formula is C31H52N4O4. The predicted octanol–water partition coefficient (Wildman–Crippen LogP) is 4.12. The topological polar surface area (TPSA) is 90.0 Å². The molecule has 0 spiro atoms. The Kier molecular flexibility index (Phi) is 11.1. The largest absolute Gasteiger partial charge is 0.346 e. The second-order valence-corrected chi connectivity index (χ2v) is 13.1. The Hall–Kier alpha value is -2.12. The van der Waals surface area contributed by atoms with Crippen LogP contribution in [0.25, 0.3) is 0 Å². The number of hydrogen-bond donors (Lipinski definition) is 1. The van der Waals surface area contributed by atoms with Gasteiger partial charge in [0.25, 0.3) is 0 Å². The third-order valence-electron chi connectivity index (χ3n) is 9.64. The van der Waals surface area contributed by atoms with E-state index in [-0.39, 0.29) is 23.9 Å². The molecule has 0 aromatic rings. The van der Waals surface area contributed by atoms with Gasteiger partial charge in [0.1, 0.15) is 0 Å². The van der Waals surface area contributed by atoms with Crippen molar-refractivity contribution < 1.29 is 19.2 Å². The highest BCUT2D eigenvalue weighted by Crippen LogP contribution is 2.29. The van der Waals surface area contributed by atoms with Gasteiger partial charge in [-0.25, -0.2) is 0 Å². The van der Waals surface area contributed by atoms with Crippen LogP contribution in [0.5, 0.6) is 0 Å². The Morgan fingerprint density at radius 1 is 0.718 bits per heavy atom. The van der Waals surface area contributed by atoms with Crippen LogP contribution in [-0.4, -0.2) is 83.1 Å². The standard InChI is InChI=1S/C31H52N4O4/c1-23(2)19-27-22-33(30(38)31(39)34(27)18-16-24-11-5-3-6-12-24)17-10-9-15-26-20-32-28(36)29(37)35(26)21-25-13-7-4-8-14-25/h23-27H,3-22H2,1-2H3,(H,32,36)/t26-,27-/m0/s1. The third-order valence-corrected chi connectivity index (χ3v) is 9.64. The summed E-state index contributed by atoms with van der Waals surface area (Å²) in [4.78, 5) is 56.6. The molecule has 2 heterocycles. The normalized spacial score (nSPS) is 26.1. The number of piperazine rings is 2. The molecule has 2 saturated heterocycles. The van der Waals surface area contributed by atoms with E-state index < -0.39 is 11.8 Å². The average Bonchev–Trinajstić information content (AvgIpc) is 2.93. The van der Waals surface area contributed by atoms with Crippen molar-refractivity contribution >= 4 is 23.6 Å². The number of carbonyl (C=O) groups excluding carboxylic acids is 4. The molecule has 2 aliphatic carbocycles. The van der Waals surface area contributed by atoms with Crippen LogP contribution in [0, 0.1) is 17.8 Å². The molecule has 0 aromatic heterocycles. The maximum Gasteiger partial charge on any atom is 0.312 e. The highest BCUT2D eigenvalue weighted by Gasteiger charge is 2.39. The molecule has 39 heavy (non-hydrogen) atoms. The SMILES string of the molecule is CC(C)C[C@H]1CN(CCCC[C@H]2CNC(=O)C(=O)N2CC2CCCCC2)C(=O)C(=O)N1CCC1CCCCC1. The Bertz CT molecular complexity index is 850.